The average Bonchev–Trinajstić information content (AvgIpc) is 2.15. The van der Waals surface area contributed by atoms with Gasteiger partial charge in [0.05, 0.1) is 11.2 Å². The van der Waals surface area contributed by atoms with Crippen molar-refractivity contribution in [3.8, 4) is 0 Å². The first-order valence-corrected chi connectivity index (χ1v) is 4.97. The van der Waals surface area contributed by atoms with Crippen LogP contribution < -0.4 is 0 Å². The second kappa shape index (κ2) is 4.82. The van der Waals surface area contributed by atoms with E-state index in [1.807, 2.05) is 44.2 Å². The zero-order chi connectivity index (χ0) is 11.3. The number of carbonyl (C=O) groups excluding carboxylic acids is 1. The fraction of sp³-hybridized carbons (Fsp3) is 0.417. The molecule has 0 fully saturated rings. The van der Waals surface area contributed by atoms with Crippen LogP contribution in [0, 0.1) is 0 Å². The van der Waals surface area contributed by atoms with Gasteiger partial charge in [-0.25, -0.2) is 0 Å². The summed E-state index contributed by atoms with van der Waals surface area (Å²) >= 11 is 0. The maximum absolute atomic E-state index is 11.0. The number of nitrogens with zero attached hydrogens (tertiary/aromatic N) is 2. The largest absolute Gasteiger partial charge is 0.300 e. The quantitative estimate of drug-likeness (QED) is 0.692. The van der Waals surface area contributed by atoms with Gasteiger partial charge in [-0.1, -0.05) is 18.2 Å². The van der Waals surface area contributed by atoms with Crippen molar-refractivity contribution in [2.24, 2.45) is 10.2 Å². The first-order valence-electron chi connectivity index (χ1n) is 4.97. The Hall–Kier alpha value is -1.51. The molecule has 0 saturated heterocycles. The van der Waals surface area contributed by atoms with Crippen LogP contribution in [0.5, 0.6) is 0 Å². The van der Waals surface area contributed by atoms with Crippen LogP contribution in [0.15, 0.2) is 40.6 Å². The number of Topliss-reactive ketones (excluding diaryl/α,β-unsaturated/α-hetero) is 1. The van der Waals surface area contributed by atoms with E-state index in [0.717, 1.165) is 5.69 Å². The van der Waals surface area contributed by atoms with Gasteiger partial charge >= 0.3 is 0 Å². The molecule has 0 aliphatic rings. The topological polar surface area (TPSA) is 41.8 Å². The van der Waals surface area contributed by atoms with Crippen molar-refractivity contribution < 1.29 is 4.79 Å². The highest BCUT2D eigenvalue weighted by atomic mass is 16.1. The molecule has 0 N–H and O–H groups in total. The predicted molar refractivity (Wildman–Crippen MR) is 60.3 cm³/mol. The lowest BCUT2D eigenvalue weighted by molar-refractivity contribution is -0.117. The Balaban J connectivity index is 2.68. The molecule has 0 heterocycles. The molecular weight excluding hydrogens is 188 g/mol. The Morgan fingerprint density at radius 1 is 1.27 bits per heavy atom. The minimum absolute atomic E-state index is 0.131. The molecular formula is C12H16N2O. The zero-order valence-corrected chi connectivity index (χ0v) is 9.40. The van der Waals surface area contributed by atoms with E-state index in [2.05, 4.69) is 10.2 Å². The minimum atomic E-state index is -0.415. The van der Waals surface area contributed by atoms with Crippen molar-refractivity contribution in [3.05, 3.63) is 30.3 Å². The standard InChI is InChI=1S/C12H16N2O/c1-10(15)9-12(2,3)14-13-11-7-5-4-6-8-11/h4-8H,9H2,1-3H3. The second-order valence-electron chi connectivity index (χ2n) is 4.23. The number of carbonyl (C=O) groups is 1. The molecule has 0 saturated carbocycles. The van der Waals surface area contributed by atoms with Crippen LogP contribution in [-0.4, -0.2) is 11.3 Å². The zero-order valence-electron chi connectivity index (χ0n) is 9.40. The third-order valence-corrected chi connectivity index (χ3v) is 1.87. The van der Waals surface area contributed by atoms with Crippen molar-refractivity contribution in [2.45, 2.75) is 32.7 Å². The molecule has 0 radical (unpaired) electrons. The van der Waals surface area contributed by atoms with E-state index in [9.17, 15) is 4.79 Å². The maximum Gasteiger partial charge on any atom is 0.132 e. The number of hydrogen-bond acceptors (Lipinski definition) is 3. The van der Waals surface area contributed by atoms with Gasteiger partial charge in [0.1, 0.15) is 5.78 Å². The van der Waals surface area contributed by atoms with Gasteiger partial charge in [-0.2, -0.15) is 10.2 Å². The summed E-state index contributed by atoms with van der Waals surface area (Å²) in [6.45, 7) is 5.38. The van der Waals surface area contributed by atoms with Gasteiger partial charge in [-0.3, -0.25) is 4.79 Å². The summed E-state index contributed by atoms with van der Waals surface area (Å²) in [6, 6.07) is 9.51. The lowest BCUT2D eigenvalue weighted by Gasteiger charge is -2.15. The summed E-state index contributed by atoms with van der Waals surface area (Å²) in [7, 11) is 0. The molecule has 80 valence electrons. The highest BCUT2D eigenvalue weighted by Crippen LogP contribution is 2.19. The van der Waals surface area contributed by atoms with Gasteiger partial charge in [0.25, 0.3) is 0 Å². The summed E-state index contributed by atoms with van der Waals surface area (Å²) in [4.78, 5) is 11.0. The van der Waals surface area contributed by atoms with Gasteiger partial charge in [-0.05, 0) is 32.9 Å². The third-order valence-electron chi connectivity index (χ3n) is 1.87. The predicted octanol–water partition coefficient (Wildman–Crippen LogP) is 3.53. The summed E-state index contributed by atoms with van der Waals surface area (Å²) in [6.07, 6.45) is 0.420. The van der Waals surface area contributed by atoms with Crippen LogP contribution in [0.25, 0.3) is 0 Å². The van der Waals surface area contributed by atoms with E-state index in [1.54, 1.807) is 6.92 Å². The van der Waals surface area contributed by atoms with Crippen molar-refractivity contribution in [1.29, 1.82) is 0 Å². The molecule has 1 aromatic carbocycles. The fourth-order valence-corrected chi connectivity index (χ4v) is 1.33. The molecule has 0 aliphatic heterocycles. The van der Waals surface area contributed by atoms with E-state index < -0.39 is 5.54 Å². The molecule has 0 amide bonds. The molecule has 1 rings (SSSR count). The smallest absolute Gasteiger partial charge is 0.132 e. The number of rotatable bonds is 4. The van der Waals surface area contributed by atoms with E-state index in [0.29, 0.717) is 6.42 Å². The first kappa shape index (κ1) is 11.6. The highest BCUT2D eigenvalue weighted by molar-refractivity contribution is 5.76. The normalized spacial score (nSPS) is 11.9. The number of ketones is 1. The molecule has 0 aromatic heterocycles. The monoisotopic (exact) mass is 204 g/mol. The molecule has 15 heavy (non-hydrogen) atoms. The SMILES string of the molecule is CC(=O)CC(C)(C)N=Nc1ccccc1. The van der Waals surface area contributed by atoms with Gasteiger partial charge in [-0.15, -0.1) is 0 Å². The van der Waals surface area contributed by atoms with E-state index in [-0.39, 0.29) is 5.78 Å². The Morgan fingerprint density at radius 3 is 2.40 bits per heavy atom. The van der Waals surface area contributed by atoms with Gasteiger partial charge in [0.2, 0.25) is 0 Å². The lowest BCUT2D eigenvalue weighted by atomic mass is 10.00. The van der Waals surface area contributed by atoms with Crippen molar-refractivity contribution in [1.82, 2.24) is 0 Å². The third kappa shape index (κ3) is 4.49. The molecule has 1 aromatic rings. The van der Waals surface area contributed by atoms with E-state index in [4.69, 9.17) is 0 Å². The van der Waals surface area contributed by atoms with E-state index >= 15 is 0 Å². The van der Waals surface area contributed by atoms with Gasteiger partial charge < -0.3 is 0 Å². The maximum atomic E-state index is 11.0. The fourth-order valence-electron chi connectivity index (χ4n) is 1.33. The molecule has 3 nitrogen and oxygen atoms in total. The molecule has 0 aliphatic carbocycles. The average molecular weight is 204 g/mol. The summed E-state index contributed by atoms with van der Waals surface area (Å²) in [5.41, 5.74) is 0.399. The molecule has 0 atom stereocenters. The second-order valence-corrected chi connectivity index (χ2v) is 4.23. The van der Waals surface area contributed by atoms with Crippen LogP contribution in [0.4, 0.5) is 5.69 Å². The number of azo groups is 1. The van der Waals surface area contributed by atoms with Crippen molar-refractivity contribution >= 4 is 11.5 Å². The molecule has 0 spiro atoms. The van der Waals surface area contributed by atoms with E-state index in [1.165, 1.54) is 0 Å². The number of hydrogen-bond donors (Lipinski definition) is 0. The van der Waals surface area contributed by atoms with Crippen molar-refractivity contribution in [2.75, 3.05) is 0 Å². The Bertz CT molecular complexity index is 355. The lowest BCUT2D eigenvalue weighted by Crippen LogP contribution is -2.19. The summed E-state index contributed by atoms with van der Waals surface area (Å²) < 4.78 is 0. The van der Waals surface area contributed by atoms with Crippen LogP contribution in [0.3, 0.4) is 0 Å². The van der Waals surface area contributed by atoms with Crippen molar-refractivity contribution in [3.63, 3.8) is 0 Å². The molecule has 0 bridgehead atoms. The summed E-state index contributed by atoms with van der Waals surface area (Å²) in [5.74, 6) is 0.131. The molecule has 0 unspecified atom stereocenters. The Kier molecular flexibility index (Phi) is 3.72. The number of benzene rings is 1. The Morgan fingerprint density at radius 2 is 1.87 bits per heavy atom. The molecule has 3 heteroatoms. The van der Waals surface area contributed by atoms with Crippen LogP contribution in [0.2, 0.25) is 0 Å². The van der Waals surface area contributed by atoms with Crippen LogP contribution in [0.1, 0.15) is 27.2 Å². The van der Waals surface area contributed by atoms with Crippen LogP contribution in [-0.2, 0) is 4.79 Å². The van der Waals surface area contributed by atoms with Gasteiger partial charge in [0, 0.05) is 6.42 Å². The summed E-state index contributed by atoms with van der Waals surface area (Å²) in [5, 5.41) is 8.27. The minimum Gasteiger partial charge on any atom is -0.300 e. The highest BCUT2D eigenvalue weighted by Gasteiger charge is 2.18. The Labute approximate surface area is 90.2 Å². The first-order chi connectivity index (χ1) is 6.99. The van der Waals surface area contributed by atoms with Crippen LogP contribution >= 0.6 is 0 Å². The van der Waals surface area contributed by atoms with Gasteiger partial charge in [0.15, 0.2) is 0 Å².